The summed E-state index contributed by atoms with van der Waals surface area (Å²) in [7, 11) is 0. The molecule has 1 saturated heterocycles. The van der Waals surface area contributed by atoms with Gasteiger partial charge in [-0.05, 0) is 54.8 Å². The van der Waals surface area contributed by atoms with Crippen LogP contribution in [0.4, 0.5) is 10.1 Å². The highest BCUT2D eigenvalue weighted by molar-refractivity contribution is 6.10. The Morgan fingerprint density at radius 3 is 2.70 bits per heavy atom. The molecular formula is C30H25FN8O5. The highest BCUT2D eigenvalue weighted by atomic mass is 19.1. The zero-order valence-electron chi connectivity index (χ0n) is 23.2. The molecule has 7 rings (SSSR count). The van der Waals surface area contributed by atoms with Gasteiger partial charge < -0.3 is 29.7 Å². The number of carbonyl (C=O) groups excluding carboxylic acids is 3. The second kappa shape index (κ2) is 11.2. The van der Waals surface area contributed by atoms with Crippen molar-refractivity contribution in [3.05, 3.63) is 83.5 Å². The van der Waals surface area contributed by atoms with Crippen molar-refractivity contribution < 1.29 is 27.9 Å². The Kier molecular flexibility index (Phi) is 6.92. The maximum Gasteiger partial charge on any atom is 0.272 e. The van der Waals surface area contributed by atoms with E-state index in [9.17, 15) is 18.8 Å². The van der Waals surface area contributed by atoms with Crippen LogP contribution in [0.2, 0.25) is 0 Å². The highest BCUT2D eigenvalue weighted by Gasteiger charge is 2.30. The lowest BCUT2D eigenvalue weighted by atomic mass is 9.96. The number of hydrogen-bond donors (Lipinski definition) is 3. The Hall–Kier alpha value is -5.66. The summed E-state index contributed by atoms with van der Waals surface area (Å²) in [6.45, 7) is 1.08. The van der Waals surface area contributed by atoms with Crippen LogP contribution in [0, 0.1) is 5.82 Å². The van der Waals surface area contributed by atoms with E-state index in [2.05, 4.69) is 35.8 Å². The van der Waals surface area contributed by atoms with Gasteiger partial charge in [-0.15, -0.1) is 10.2 Å². The molecule has 5 aromatic rings. The molecule has 0 unspecified atom stereocenters. The minimum Gasteiger partial charge on any atom is -0.482 e. The number of ether oxygens (including phenoxy) is 1. The third-order valence-electron chi connectivity index (χ3n) is 7.70. The lowest BCUT2D eigenvalue weighted by Crippen LogP contribution is -2.38. The second-order valence-corrected chi connectivity index (χ2v) is 10.5. The molecule has 0 bridgehead atoms. The number of likely N-dealkylation sites (tertiary alicyclic amines) is 1. The van der Waals surface area contributed by atoms with Crippen molar-refractivity contribution in [3.8, 4) is 17.2 Å². The third kappa shape index (κ3) is 5.21. The summed E-state index contributed by atoms with van der Waals surface area (Å²) in [4.78, 5) is 51.4. The number of fused-ring (bicyclic) bond motifs is 2. The molecule has 2 aliphatic heterocycles. The summed E-state index contributed by atoms with van der Waals surface area (Å²) in [5.74, 6) is 0.112. The largest absolute Gasteiger partial charge is 0.482 e. The van der Waals surface area contributed by atoms with Gasteiger partial charge >= 0.3 is 0 Å². The van der Waals surface area contributed by atoms with Gasteiger partial charge in [-0.1, -0.05) is 6.07 Å². The molecule has 2 aromatic carbocycles. The highest BCUT2D eigenvalue weighted by Crippen LogP contribution is 2.31. The van der Waals surface area contributed by atoms with Crippen molar-refractivity contribution in [3.63, 3.8) is 0 Å². The molecule has 2 aliphatic rings. The van der Waals surface area contributed by atoms with Gasteiger partial charge in [0.1, 0.15) is 23.4 Å². The minimum atomic E-state index is -0.448. The average Bonchev–Trinajstić information content (AvgIpc) is 3.72. The Labute approximate surface area is 248 Å². The van der Waals surface area contributed by atoms with Crippen molar-refractivity contribution in [2.45, 2.75) is 25.3 Å². The van der Waals surface area contributed by atoms with E-state index >= 15 is 0 Å². The van der Waals surface area contributed by atoms with Gasteiger partial charge in [0.15, 0.2) is 12.3 Å². The lowest BCUT2D eigenvalue weighted by molar-refractivity contribution is -0.118. The molecule has 0 radical (unpaired) electrons. The summed E-state index contributed by atoms with van der Waals surface area (Å²) in [5, 5.41) is 13.9. The van der Waals surface area contributed by atoms with Crippen molar-refractivity contribution >= 4 is 34.4 Å². The van der Waals surface area contributed by atoms with E-state index in [4.69, 9.17) is 9.15 Å². The van der Waals surface area contributed by atoms with E-state index < -0.39 is 5.91 Å². The van der Waals surface area contributed by atoms with E-state index in [1.807, 2.05) is 0 Å². The fourth-order valence-electron chi connectivity index (χ4n) is 5.39. The lowest BCUT2D eigenvalue weighted by Gasteiger charge is -2.30. The van der Waals surface area contributed by atoms with E-state index in [0.29, 0.717) is 71.3 Å². The molecule has 5 heterocycles. The zero-order valence-corrected chi connectivity index (χ0v) is 23.2. The number of aromatic amines is 1. The zero-order chi connectivity index (χ0) is 30.2. The Morgan fingerprint density at radius 1 is 1.07 bits per heavy atom. The molecule has 0 atom stereocenters. The monoisotopic (exact) mass is 596 g/mol. The Morgan fingerprint density at radius 2 is 1.89 bits per heavy atom. The van der Waals surface area contributed by atoms with Crippen molar-refractivity contribution in [1.82, 2.24) is 35.4 Å². The quantitative estimate of drug-likeness (QED) is 0.266. The second-order valence-electron chi connectivity index (χ2n) is 10.5. The summed E-state index contributed by atoms with van der Waals surface area (Å²) in [5.41, 5.74) is 3.09. The van der Waals surface area contributed by atoms with Crippen LogP contribution in [0.5, 0.6) is 5.75 Å². The number of nitrogens with one attached hydrogen (secondary N) is 3. The van der Waals surface area contributed by atoms with Gasteiger partial charge in [-0.3, -0.25) is 14.4 Å². The van der Waals surface area contributed by atoms with E-state index in [1.165, 1.54) is 18.5 Å². The number of piperidine rings is 1. The number of nitrogens with zero attached hydrogens (tertiary/aromatic N) is 5. The number of aromatic nitrogens is 5. The van der Waals surface area contributed by atoms with Crippen LogP contribution in [0.1, 0.15) is 51.1 Å². The molecule has 13 nitrogen and oxygen atoms in total. The molecule has 0 spiro atoms. The first kappa shape index (κ1) is 27.2. The first-order valence-electron chi connectivity index (χ1n) is 14.0. The molecule has 3 amide bonds. The Bertz CT molecular complexity index is 1900. The van der Waals surface area contributed by atoms with Crippen molar-refractivity contribution in [2.24, 2.45) is 0 Å². The number of amides is 3. The number of hydrogen-bond acceptors (Lipinski definition) is 9. The molecule has 3 N–H and O–H groups in total. The summed E-state index contributed by atoms with van der Waals surface area (Å²) < 4.78 is 24.5. The minimum absolute atomic E-state index is 0.0137. The molecular weight excluding hydrogens is 571 g/mol. The average molecular weight is 597 g/mol. The third-order valence-corrected chi connectivity index (χ3v) is 7.70. The summed E-state index contributed by atoms with van der Waals surface area (Å²) in [6, 6.07) is 11.1. The Balaban J connectivity index is 1.000. The van der Waals surface area contributed by atoms with Crippen LogP contribution in [-0.2, 0) is 11.3 Å². The number of halogens is 1. The van der Waals surface area contributed by atoms with Gasteiger partial charge in [0.05, 0.1) is 16.8 Å². The van der Waals surface area contributed by atoms with Crippen LogP contribution < -0.4 is 15.4 Å². The fraction of sp³-hybridized carbons (Fsp3) is 0.233. The SMILES string of the molecule is O=C1COc2ccc(CNC(=O)c3ncnc4c(C(=O)N5CCC(c6nnc(-c7ccc(F)cc7)o6)CC5)c[nH]c34)cc2N1. The molecule has 0 saturated carbocycles. The van der Waals surface area contributed by atoms with Crippen molar-refractivity contribution in [2.75, 3.05) is 25.0 Å². The molecule has 222 valence electrons. The topological polar surface area (TPSA) is 168 Å². The maximum atomic E-state index is 13.5. The summed E-state index contributed by atoms with van der Waals surface area (Å²) in [6.07, 6.45) is 4.05. The van der Waals surface area contributed by atoms with Crippen LogP contribution in [0.3, 0.4) is 0 Å². The number of anilines is 1. The predicted molar refractivity (Wildman–Crippen MR) is 153 cm³/mol. The molecule has 1 fully saturated rings. The summed E-state index contributed by atoms with van der Waals surface area (Å²) >= 11 is 0. The first-order chi connectivity index (χ1) is 21.4. The first-order valence-corrected chi connectivity index (χ1v) is 14.0. The van der Waals surface area contributed by atoms with E-state index in [-0.39, 0.29) is 42.4 Å². The van der Waals surface area contributed by atoms with Crippen LogP contribution in [-0.4, -0.2) is 67.5 Å². The van der Waals surface area contributed by atoms with Crippen molar-refractivity contribution in [1.29, 1.82) is 0 Å². The standard InChI is InChI=1S/C30H25FN8O5/c31-19-4-2-17(3-5-19)28-37-38-29(44-28)18-7-9-39(10-8-18)30(42)20-13-32-25-24(20)34-15-35-26(25)27(41)33-12-16-1-6-22-21(11-16)36-23(40)14-43-22/h1-6,11,13,15,18,32H,7-10,12,14H2,(H,33,41)(H,36,40). The fourth-order valence-corrected chi connectivity index (χ4v) is 5.39. The predicted octanol–water partition coefficient (Wildman–Crippen LogP) is 3.43. The number of rotatable bonds is 6. The molecule has 14 heteroatoms. The normalized spacial score (nSPS) is 15.0. The molecule has 0 aliphatic carbocycles. The van der Waals surface area contributed by atoms with Gasteiger partial charge in [0, 0.05) is 37.3 Å². The molecule has 44 heavy (non-hydrogen) atoms. The number of carbonyl (C=O) groups is 3. The van der Waals surface area contributed by atoms with Gasteiger partial charge in [0.25, 0.3) is 17.7 Å². The van der Waals surface area contributed by atoms with E-state index in [0.717, 1.165) is 5.56 Å². The molecule has 3 aromatic heterocycles. The van der Waals surface area contributed by atoms with Gasteiger partial charge in [0.2, 0.25) is 11.8 Å². The number of benzene rings is 2. The van der Waals surface area contributed by atoms with Crippen LogP contribution in [0.15, 0.2) is 59.4 Å². The van der Waals surface area contributed by atoms with Crippen LogP contribution in [0.25, 0.3) is 22.5 Å². The van der Waals surface area contributed by atoms with Crippen LogP contribution >= 0.6 is 0 Å². The van der Waals surface area contributed by atoms with E-state index in [1.54, 1.807) is 41.4 Å². The number of H-pyrrole nitrogens is 1. The maximum absolute atomic E-state index is 13.5. The smallest absolute Gasteiger partial charge is 0.272 e. The van der Waals surface area contributed by atoms with Gasteiger partial charge in [-0.25, -0.2) is 14.4 Å². The van der Waals surface area contributed by atoms with Gasteiger partial charge in [-0.2, -0.15) is 0 Å².